The van der Waals surface area contributed by atoms with Crippen LogP contribution in [0.4, 0.5) is 0 Å². The van der Waals surface area contributed by atoms with Crippen LogP contribution in [0.5, 0.6) is 0 Å². The second-order valence-corrected chi connectivity index (χ2v) is 17.4. The Balaban J connectivity index is 4.23. The van der Waals surface area contributed by atoms with Crippen molar-refractivity contribution < 1.29 is 0 Å². The Hall–Kier alpha value is 0.539. The number of hydrogen-bond donors (Lipinski definition) is 0. The maximum atomic E-state index is 4.06. The van der Waals surface area contributed by atoms with E-state index in [1.54, 1.807) is 0 Å². The molecule has 0 unspecified atom stereocenters. The fraction of sp³-hybridized carbons (Fsp3) is 0.857. The van der Waals surface area contributed by atoms with Gasteiger partial charge in [-0.1, -0.05) is 0 Å². The van der Waals surface area contributed by atoms with Gasteiger partial charge in [0.2, 0.25) is 0 Å². The van der Waals surface area contributed by atoms with Crippen molar-refractivity contribution in [2.24, 2.45) is 0 Å². The first kappa shape index (κ1) is 15.5. The van der Waals surface area contributed by atoms with Gasteiger partial charge in [-0.05, 0) is 0 Å². The zero-order valence-electron chi connectivity index (χ0n) is 11.1. The molecule has 0 aromatic heterocycles. The van der Waals surface area contributed by atoms with E-state index in [1.807, 2.05) is 0 Å². The van der Waals surface area contributed by atoms with Gasteiger partial charge in [-0.3, -0.25) is 0 Å². The van der Waals surface area contributed by atoms with E-state index in [0.717, 1.165) is 0 Å². The molecule has 0 heterocycles. The third-order valence-corrected chi connectivity index (χ3v) is 16.8. The normalized spacial score (nSPS) is 11.7. The molecule has 0 aromatic rings. The Morgan fingerprint density at radius 3 is 1.33 bits per heavy atom. The fourth-order valence-corrected chi connectivity index (χ4v) is 14.7. The molecule has 15 heavy (non-hydrogen) atoms. The van der Waals surface area contributed by atoms with Gasteiger partial charge in [-0.15, -0.1) is 0 Å². The summed E-state index contributed by atoms with van der Waals surface area (Å²) in [4.78, 5) is 0. The third kappa shape index (κ3) is 6.65. The predicted octanol–water partition coefficient (Wildman–Crippen LogP) is 5.36. The van der Waals surface area contributed by atoms with Gasteiger partial charge >= 0.3 is 102 Å². The van der Waals surface area contributed by atoms with Gasteiger partial charge in [-0.25, -0.2) is 0 Å². The van der Waals surface area contributed by atoms with Gasteiger partial charge in [0, 0.05) is 0 Å². The van der Waals surface area contributed by atoms with E-state index in [1.165, 1.54) is 51.8 Å². The minimum absolute atomic E-state index is 1.35. The molecule has 0 rings (SSSR count). The van der Waals surface area contributed by atoms with Crippen LogP contribution >= 0.6 is 0 Å². The third-order valence-electron chi connectivity index (χ3n) is 3.40. The molecule has 0 saturated heterocycles. The van der Waals surface area contributed by atoms with E-state index < -0.39 is 18.4 Å². The molecule has 1 heteroatoms. The maximum absolute atomic E-state index is 4.06. The van der Waals surface area contributed by atoms with E-state index >= 15 is 0 Å². The summed E-state index contributed by atoms with van der Waals surface area (Å²) in [6, 6.07) is 0. The van der Waals surface area contributed by atoms with Crippen molar-refractivity contribution in [1.29, 1.82) is 0 Å². The molecule has 0 fully saturated rings. The van der Waals surface area contributed by atoms with Crippen molar-refractivity contribution in [3.63, 3.8) is 0 Å². The summed E-state index contributed by atoms with van der Waals surface area (Å²) in [6.45, 7) is 11.0. The fourth-order valence-electron chi connectivity index (χ4n) is 2.19. The predicted molar refractivity (Wildman–Crippen MR) is 73.8 cm³/mol. The topological polar surface area (TPSA) is 0 Å². The molecule has 0 atom stereocenters. The average molecular weight is 316 g/mol. The van der Waals surface area contributed by atoms with Crippen LogP contribution in [0.2, 0.25) is 13.3 Å². The minimum atomic E-state index is -1.98. The van der Waals surface area contributed by atoms with Crippen molar-refractivity contribution in [3.05, 3.63) is 10.7 Å². The summed E-state index contributed by atoms with van der Waals surface area (Å²) in [7, 11) is 0. The van der Waals surface area contributed by atoms with E-state index in [0.29, 0.717) is 0 Å². The molecule has 89 valence electrons. The first-order valence-corrected chi connectivity index (χ1v) is 14.3. The van der Waals surface area contributed by atoms with Crippen molar-refractivity contribution >= 4 is 18.4 Å². The number of rotatable bonds is 10. The summed E-state index contributed by atoms with van der Waals surface area (Å²) in [6.07, 6.45) is 8.31. The van der Waals surface area contributed by atoms with Crippen molar-refractivity contribution in [1.82, 2.24) is 0 Å². The first-order valence-electron chi connectivity index (χ1n) is 6.79. The molecule has 0 N–H and O–H groups in total. The molecule has 0 aromatic carbocycles. The van der Waals surface area contributed by atoms with Gasteiger partial charge in [0.25, 0.3) is 0 Å². The number of unbranched alkanes of at least 4 members (excludes halogenated alkanes) is 3. The summed E-state index contributed by atoms with van der Waals surface area (Å²) in [5.41, 5.74) is 0. The van der Waals surface area contributed by atoms with Crippen LogP contribution in [-0.2, 0) is 0 Å². The van der Waals surface area contributed by atoms with Gasteiger partial charge in [0.15, 0.2) is 0 Å². The second-order valence-electron chi connectivity index (χ2n) is 4.77. The Bertz CT molecular complexity index is 130. The molecule has 0 amide bonds. The molecule has 0 spiro atoms. The first-order chi connectivity index (χ1) is 7.24. The van der Waals surface area contributed by atoms with E-state index in [2.05, 4.69) is 31.4 Å². The Morgan fingerprint density at radius 2 is 1.13 bits per heavy atom. The standard InChI is InChI=1S/3C4H9.C2H2.Sn/c3*1-3-4-2;1-2;/h3*1,3-4H2,2H3;1H2;. The van der Waals surface area contributed by atoms with Crippen LogP contribution < -0.4 is 0 Å². The Kier molecular flexibility index (Phi) is 10.1. The number of hydrogen-bond acceptors (Lipinski definition) is 0. The van der Waals surface area contributed by atoms with Crippen LogP contribution in [0.1, 0.15) is 59.3 Å². The Labute approximate surface area is 101 Å². The molecule has 0 bridgehead atoms. The molecule has 0 saturated carbocycles. The van der Waals surface area contributed by atoms with Gasteiger partial charge in [0.05, 0.1) is 0 Å². The van der Waals surface area contributed by atoms with Gasteiger partial charge in [-0.2, -0.15) is 0 Å². The average Bonchev–Trinajstić information content (AvgIpc) is 2.29. The van der Waals surface area contributed by atoms with Crippen LogP contribution in [0.25, 0.3) is 0 Å². The molecular weight excluding hydrogens is 287 g/mol. The van der Waals surface area contributed by atoms with Crippen LogP contribution in [0.3, 0.4) is 0 Å². The van der Waals surface area contributed by atoms with Crippen LogP contribution in [0, 0.1) is 4.09 Å². The Morgan fingerprint density at radius 1 is 0.800 bits per heavy atom. The monoisotopic (exact) mass is 317 g/mol. The molecule has 1 radical (unpaired) electrons. The van der Waals surface area contributed by atoms with Crippen LogP contribution in [0.15, 0.2) is 6.58 Å². The zero-order chi connectivity index (χ0) is 11.6. The quantitative estimate of drug-likeness (QED) is 0.476. The molecule has 0 aliphatic carbocycles. The summed E-state index contributed by atoms with van der Waals surface area (Å²) >= 11 is -1.98. The molecule has 0 aliphatic heterocycles. The van der Waals surface area contributed by atoms with E-state index in [-0.39, 0.29) is 0 Å². The van der Waals surface area contributed by atoms with Gasteiger partial charge in [0.1, 0.15) is 0 Å². The zero-order valence-corrected chi connectivity index (χ0v) is 13.9. The van der Waals surface area contributed by atoms with Gasteiger partial charge < -0.3 is 0 Å². The second kappa shape index (κ2) is 9.74. The van der Waals surface area contributed by atoms with E-state index in [4.69, 9.17) is 0 Å². The summed E-state index contributed by atoms with van der Waals surface area (Å²) in [5, 5.41) is 0. The summed E-state index contributed by atoms with van der Waals surface area (Å²) < 4.78 is 8.11. The SMILES string of the molecule is C=[C][Sn]([CH2]CCC)([CH2]CCC)[CH2]CCC. The molecule has 0 aliphatic rings. The molecule has 0 nitrogen and oxygen atoms in total. The van der Waals surface area contributed by atoms with E-state index in [9.17, 15) is 0 Å². The molecular formula is C14H29Sn. The van der Waals surface area contributed by atoms with Crippen molar-refractivity contribution in [2.75, 3.05) is 0 Å². The summed E-state index contributed by atoms with van der Waals surface area (Å²) in [5.74, 6) is 0. The van der Waals surface area contributed by atoms with Crippen molar-refractivity contribution in [3.8, 4) is 0 Å². The van der Waals surface area contributed by atoms with Crippen LogP contribution in [-0.4, -0.2) is 18.4 Å². The van der Waals surface area contributed by atoms with Crippen molar-refractivity contribution in [2.45, 2.75) is 72.6 Å².